The first-order chi connectivity index (χ1) is 14.2. The zero-order valence-corrected chi connectivity index (χ0v) is 16.7. The Morgan fingerprint density at radius 3 is 2.72 bits per heavy atom. The Morgan fingerprint density at radius 1 is 1.17 bits per heavy atom. The quantitative estimate of drug-likeness (QED) is 0.613. The predicted molar refractivity (Wildman–Crippen MR) is 106 cm³/mol. The third-order valence-electron chi connectivity index (χ3n) is 5.75. The number of fused-ring (bicyclic) bond motifs is 1. The lowest BCUT2D eigenvalue weighted by Crippen LogP contribution is -2.39. The van der Waals surface area contributed by atoms with E-state index in [0.29, 0.717) is 47.6 Å². The van der Waals surface area contributed by atoms with Gasteiger partial charge in [0.05, 0.1) is 12.1 Å². The van der Waals surface area contributed by atoms with E-state index >= 15 is 0 Å². The van der Waals surface area contributed by atoms with Gasteiger partial charge in [0, 0.05) is 25.7 Å². The molecule has 2 aliphatic rings. The van der Waals surface area contributed by atoms with Crippen molar-refractivity contribution in [3.63, 3.8) is 0 Å². The van der Waals surface area contributed by atoms with Crippen LogP contribution in [-0.2, 0) is 6.54 Å². The van der Waals surface area contributed by atoms with Crippen molar-refractivity contribution in [2.75, 3.05) is 19.7 Å². The Balaban J connectivity index is 1.18. The molecule has 29 heavy (non-hydrogen) atoms. The van der Waals surface area contributed by atoms with Gasteiger partial charge in [-0.05, 0) is 49.7 Å². The van der Waals surface area contributed by atoms with Gasteiger partial charge in [-0.2, -0.15) is 0 Å². The molecule has 2 fully saturated rings. The molecular weight excluding hydrogens is 394 g/mol. The van der Waals surface area contributed by atoms with E-state index in [1.54, 1.807) is 6.07 Å². The molecule has 3 aromatic rings. The first kappa shape index (κ1) is 18.4. The van der Waals surface area contributed by atoms with Crippen molar-refractivity contribution in [2.24, 2.45) is 11.8 Å². The first-order valence-corrected chi connectivity index (χ1v) is 10.4. The van der Waals surface area contributed by atoms with Crippen LogP contribution >= 0.6 is 11.6 Å². The van der Waals surface area contributed by atoms with Crippen molar-refractivity contribution in [3.05, 3.63) is 35.2 Å². The van der Waals surface area contributed by atoms with Crippen LogP contribution in [0.2, 0.25) is 5.02 Å². The molecule has 9 heteroatoms. The summed E-state index contributed by atoms with van der Waals surface area (Å²) < 4.78 is 12.7. The number of benzene rings is 1. The molecule has 0 atom stereocenters. The molecule has 1 aliphatic heterocycles. The summed E-state index contributed by atoms with van der Waals surface area (Å²) in [5.74, 6) is 1.64. The summed E-state index contributed by atoms with van der Waals surface area (Å²) in [5.41, 5.74) is 2.00. The van der Waals surface area contributed by atoms with Gasteiger partial charge in [0.25, 0.3) is 5.91 Å². The number of likely N-dealkylation sites (tertiary alicyclic amines) is 1. The summed E-state index contributed by atoms with van der Waals surface area (Å²) in [4.78, 5) is 14.1. The fourth-order valence-corrected chi connectivity index (χ4v) is 4.02. The minimum atomic E-state index is -0.0825. The summed E-state index contributed by atoms with van der Waals surface area (Å²) in [7, 11) is 0. The number of carbonyl (C=O) groups is 1. The smallest absolute Gasteiger partial charge is 0.276 e. The lowest BCUT2D eigenvalue weighted by atomic mass is 9.97. The molecule has 0 spiro atoms. The SMILES string of the molecule is O=C(c1ccon1)N1CCC(COc2ccc3c(nnn3CC3CC3)c2Cl)CC1. The van der Waals surface area contributed by atoms with Gasteiger partial charge in [0.1, 0.15) is 22.6 Å². The van der Waals surface area contributed by atoms with Gasteiger partial charge in [0.2, 0.25) is 0 Å². The summed E-state index contributed by atoms with van der Waals surface area (Å²) in [5, 5.41) is 12.7. The van der Waals surface area contributed by atoms with E-state index in [9.17, 15) is 4.79 Å². The van der Waals surface area contributed by atoms with Crippen LogP contribution in [0.15, 0.2) is 29.0 Å². The van der Waals surface area contributed by atoms with Gasteiger partial charge >= 0.3 is 0 Å². The molecule has 1 aliphatic carbocycles. The molecule has 0 bridgehead atoms. The number of carbonyl (C=O) groups excluding carboxylic acids is 1. The zero-order valence-electron chi connectivity index (χ0n) is 16.0. The van der Waals surface area contributed by atoms with Crippen LogP contribution < -0.4 is 4.74 Å². The lowest BCUT2D eigenvalue weighted by Gasteiger charge is -2.31. The molecule has 0 unspecified atom stereocenters. The monoisotopic (exact) mass is 415 g/mol. The molecular formula is C20H22ClN5O3. The van der Waals surface area contributed by atoms with E-state index in [1.807, 2.05) is 21.7 Å². The summed E-state index contributed by atoms with van der Waals surface area (Å²) in [6.07, 6.45) is 5.69. The average molecular weight is 416 g/mol. The van der Waals surface area contributed by atoms with E-state index in [2.05, 4.69) is 15.5 Å². The van der Waals surface area contributed by atoms with Crippen molar-refractivity contribution >= 4 is 28.5 Å². The van der Waals surface area contributed by atoms with Crippen LogP contribution in [-0.4, -0.2) is 50.7 Å². The van der Waals surface area contributed by atoms with Crippen LogP contribution in [0.1, 0.15) is 36.2 Å². The second kappa shape index (κ2) is 7.67. The second-order valence-corrected chi connectivity index (χ2v) is 8.27. The van der Waals surface area contributed by atoms with Crippen LogP contribution in [0, 0.1) is 11.8 Å². The summed E-state index contributed by atoms with van der Waals surface area (Å²) in [6.45, 7) is 2.83. The molecule has 3 heterocycles. The van der Waals surface area contributed by atoms with E-state index in [1.165, 1.54) is 19.1 Å². The minimum absolute atomic E-state index is 0.0825. The highest BCUT2D eigenvalue weighted by atomic mass is 35.5. The molecule has 1 saturated carbocycles. The molecule has 0 N–H and O–H groups in total. The maximum absolute atomic E-state index is 12.3. The van der Waals surface area contributed by atoms with E-state index in [0.717, 1.165) is 30.8 Å². The highest BCUT2D eigenvalue weighted by molar-refractivity contribution is 6.36. The van der Waals surface area contributed by atoms with Crippen LogP contribution in [0.3, 0.4) is 0 Å². The molecule has 8 nitrogen and oxygen atoms in total. The number of amides is 1. The molecule has 1 aromatic carbocycles. The average Bonchev–Trinajstić information content (AvgIpc) is 3.22. The third-order valence-corrected chi connectivity index (χ3v) is 6.12. The molecule has 2 aromatic heterocycles. The molecule has 1 saturated heterocycles. The molecule has 5 rings (SSSR count). The number of halogens is 1. The van der Waals surface area contributed by atoms with E-state index in [-0.39, 0.29) is 5.91 Å². The standard InChI is InChI=1S/C20H22ClN5O3/c21-18-17(4-3-16-19(18)22-24-26(16)11-13-1-2-13)28-12-14-5-8-25(9-6-14)20(27)15-7-10-29-23-15/h3-4,7,10,13-14H,1-2,5-6,8-9,11-12H2. The highest BCUT2D eigenvalue weighted by Gasteiger charge is 2.26. The second-order valence-electron chi connectivity index (χ2n) is 7.89. The first-order valence-electron chi connectivity index (χ1n) is 10.0. The van der Waals surface area contributed by atoms with Crippen molar-refractivity contribution in [3.8, 4) is 5.75 Å². The normalized spacial score (nSPS) is 17.8. The van der Waals surface area contributed by atoms with Crippen LogP contribution in [0.5, 0.6) is 5.75 Å². The predicted octanol–water partition coefficient (Wildman–Crippen LogP) is 3.41. The number of hydrogen-bond donors (Lipinski definition) is 0. The topological polar surface area (TPSA) is 86.3 Å². The van der Waals surface area contributed by atoms with E-state index < -0.39 is 0 Å². The van der Waals surface area contributed by atoms with Gasteiger partial charge in [-0.15, -0.1) is 5.10 Å². The maximum atomic E-state index is 12.3. The van der Waals surface area contributed by atoms with Gasteiger partial charge in [-0.25, -0.2) is 4.68 Å². The zero-order chi connectivity index (χ0) is 19.8. The Morgan fingerprint density at radius 2 is 2.00 bits per heavy atom. The Bertz CT molecular complexity index is 1010. The Hall–Kier alpha value is -2.61. The van der Waals surface area contributed by atoms with Crippen LogP contribution in [0.25, 0.3) is 11.0 Å². The number of hydrogen-bond acceptors (Lipinski definition) is 6. The lowest BCUT2D eigenvalue weighted by molar-refractivity contribution is 0.0651. The van der Waals surface area contributed by atoms with Gasteiger partial charge in [-0.1, -0.05) is 22.0 Å². The van der Waals surface area contributed by atoms with Crippen molar-refractivity contribution in [2.45, 2.75) is 32.2 Å². The molecule has 0 radical (unpaired) electrons. The third kappa shape index (κ3) is 3.81. The van der Waals surface area contributed by atoms with Crippen molar-refractivity contribution in [1.29, 1.82) is 0 Å². The molecule has 152 valence electrons. The van der Waals surface area contributed by atoms with Gasteiger partial charge < -0.3 is 14.2 Å². The fourth-order valence-electron chi connectivity index (χ4n) is 3.77. The Kier molecular flexibility index (Phi) is 4.87. The van der Waals surface area contributed by atoms with Gasteiger partial charge in [-0.3, -0.25) is 4.79 Å². The number of aromatic nitrogens is 4. The van der Waals surface area contributed by atoms with Crippen molar-refractivity contribution < 1.29 is 14.1 Å². The summed E-state index contributed by atoms with van der Waals surface area (Å²) in [6, 6.07) is 5.48. The van der Waals surface area contributed by atoms with E-state index in [4.69, 9.17) is 20.9 Å². The number of nitrogens with zero attached hydrogens (tertiary/aromatic N) is 5. The fraction of sp³-hybridized carbons (Fsp3) is 0.500. The minimum Gasteiger partial charge on any atom is -0.492 e. The van der Waals surface area contributed by atoms with Crippen molar-refractivity contribution in [1.82, 2.24) is 25.1 Å². The van der Waals surface area contributed by atoms with Gasteiger partial charge in [0.15, 0.2) is 5.69 Å². The molecule has 1 amide bonds. The number of rotatable bonds is 6. The summed E-state index contributed by atoms with van der Waals surface area (Å²) >= 11 is 6.54. The number of ether oxygens (including phenoxy) is 1. The maximum Gasteiger partial charge on any atom is 0.276 e. The van der Waals surface area contributed by atoms with Crippen LogP contribution in [0.4, 0.5) is 0 Å². The highest BCUT2D eigenvalue weighted by Crippen LogP contribution is 2.35. The Labute approximate surface area is 172 Å². The largest absolute Gasteiger partial charge is 0.492 e. The number of piperidine rings is 1.